The second-order valence-corrected chi connectivity index (χ2v) is 7.34. The third-order valence-electron chi connectivity index (χ3n) is 4.26. The summed E-state index contributed by atoms with van der Waals surface area (Å²) in [6.45, 7) is 10.6. The molecule has 0 saturated heterocycles. The molecule has 1 aromatic carbocycles. The van der Waals surface area contributed by atoms with Gasteiger partial charge >= 0.3 is 0 Å². The molecule has 3 rings (SSSR count). The minimum Gasteiger partial charge on any atom is -0.377 e. The van der Waals surface area contributed by atoms with Crippen LogP contribution in [-0.4, -0.2) is 19.5 Å². The Kier molecular flexibility index (Phi) is 4.03. The zero-order valence-corrected chi connectivity index (χ0v) is 15.3. The second-order valence-electron chi connectivity index (χ2n) is 7.34. The van der Waals surface area contributed by atoms with Crippen LogP contribution in [0.3, 0.4) is 0 Å². The second kappa shape index (κ2) is 5.89. The number of benzene rings is 1. The summed E-state index contributed by atoms with van der Waals surface area (Å²) >= 11 is 0. The number of rotatable bonds is 3. The molecule has 0 aliphatic carbocycles. The molecule has 0 aliphatic heterocycles. The number of aryl methyl sites for hydroxylation is 2. The lowest BCUT2D eigenvalue weighted by atomic mass is 9.96. The molecule has 0 bridgehead atoms. The minimum atomic E-state index is 0.0192. The van der Waals surface area contributed by atoms with E-state index in [-0.39, 0.29) is 11.5 Å². The Bertz CT molecular complexity index is 873. The summed E-state index contributed by atoms with van der Waals surface area (Å²) in [6, 6.07) is 6.41. The van der Waals surface area contributed by atoms with Crippen LogP contribution < -0.4 is 5.32 Å². The number of anilines is 1. The van der Waals surface area contributed by atoms with Crippen LogP contribution >= 0.6 is 0 Å². The van der Waals surface area contributed by atoms with E-state index in [1.165, 1.54) is 0 Å². The minimum absolute atomic E-state index is 0.0192. The maximum Gasteiger partial charge on any atom is 0.115 e. The van der Waals surface area contributed by atoms with Gasteiger partial charge in [0.2, 0.25) is 0 Å². The van der Waals surface area contributed by atoms with E-state index in [1.807, 2.05) is 6.92 Å². The van der Waals surface area contributed by atoms with Gasteiger partial charge in [0.05, 0.1) is 28.5 Å². The first-order chi connectivity index (χ1) is 11.3. The number of nitrogens with zero attached hydrogens (tertiary/aromatic N) is 4. The SMILES string of the molecule is Cc1nccnc1C(C)Nc1ccc2c(c1)nc(C(C)(C)C)n2C. The number of aromatic nitrogens is 4. The van der Waals surface area contributed by atoms with E-state index in [9.17, 15) is 0 Å². The molecule has 0 spiro atoms. The number of imidazole rings is 1. The van der Waals surface area contributed by atoms with Crippen LogP contribution in [0.1, 0.15) is 50.9 Å². The molecule has 5 nitrogen and oxygen atoms in total. The lowest BCUT2D eigenvalue weighted by molar-refractivity contribution is 0.526. The van der Waals surface area contributed by atoms with Crippen LogP contribution in [-0.2, 0) is 12.5 Å². The van der Waals surface area contributed by atoms with Gasteiger partial charge in [-0.1, -0.05) is 20.8 Å². The number of hydrogen-bond donors (Lipinski definition) is 1. The summed E-state index contributed by atoms with van der Waals surface area (Å²) in [5.41, 5.74) is 5.13. The Labute approximate surface area is 143 Å². The highest BCUT2D eigenvalue weighted by Crippen LogP contribution is 2.28. The summed E-state index contributed by atoms with van der Waals surface area (Å²) in [5.74, 6) is 1.09. The molecule has 0 fully saturated rings. The average Bonchev–Trinajstić information content (AvgIpc) is 2.84. The van der Waals surface area contributed by atoms with Crippen molar-refractivity contribution in [2.75, 3.05) is 5.32 Å². The van der Waals surface area contributed by atoms with Crippen LogP contribution in [0.2, 0.25) is 0 Å². The van der Waals surface area contributed by atoms with E-state index in [0.717, 1.165) is 33.9 Å². The fourth-order valence-electron chi connectivity index (χ4n) is 3.12. The molecule has 126 valence electrons. The summed E-state index contributed by atoms with van der Waals surface area (Å²) in [6.07, 6.45) is 3.46. The zero-order chi connectivity index (χ0) is 17.5. The summed E-state index contributed by atoms with van der Waals surface area (Å²) in [4.78, 5) is 13.6. The lowest BCUT2D eigenvalue weighted by Gasteiger charge is -2.17. The van der Waals surface area contributed by atoms with Gasteiger partial charge in [-0.25, -0.2) is 4.98 Å². The van der Waals surface area contributed by atoms with Gasteiger partial charge in [-0.15, -0.1) is 0 Å². The Morgan fingerprint density at radius 3 is 2.50 bits per heavy atom. The predicted molar refractivity (Wildman–Crippen MR) is 98.2 cm³/mol. The van der Waals surface area contributed by atoms with E-state index in [4.69, 9.17) is 4.98 Å². The van der Waals surface area contributed by atoms with Gasteiger partial charge in [0, 0.05) is 30.5 Å². The fraction of sp³-hybridized carbons (Fsp3) is 0.421. The van der Waals surface area contributed by atoms with Gasteiger partial charge in [0.15, 0.2) is 0 Å². The highest BCUT2D eigenvalue weighted by Gasteiger charge is 2.21. The molecule has 5 heteroatoms. The number of fused-ring (bicyclic) bond motifs is 1. The molecule has 24 heavy (non-hydrogen) atoms. The van der Waals surface area contributed by atoms with E-state index in [2.05, 4.69) is 72.8 Å². The molecule has 1 atom stereocenters. The quantitative estimate of drug-likeness (QED) is 0.787. The third-order valence-corrected chi connectivity index (χ3v) is 4.26. The van der Waals surface area contributed by atoms with Gasteiger partial charge in [-0.3, -0.25) is 9.97 Å². The Balaban J connectivity index is 1.93. The standard InChI is InChI=1S/C19H25N5/c1-12-17(21-10-9-20-12)13(2)22-14-7-8-16-15(11-14)23-18(24(16)6)19(3,4)5/h7-11,13,22H,1-6H3. The van der Waals surface area contributed by atoms with E-state index < -0.39 is 0 Å². The first-order valence-electron chi connectivity index (χ1n) is 8.28. The van der Waals surface area contributed by atoms with Crippen molar-refractivity contribution < 1.29 is 0 Å². The normalized spacial score (nSPS) is 13.2. The molecule has 1 N–H and O–H groups in total. The molecule has 0 aliphatic rings. The van der Waals surface area contributed by atoms with E-state index >= 15 is 0 Å². The monoisotopic (exact) mass is 323 g/mol. The zero-order valence-electron chi connectivity index (χ0n) is 15.3. The Morgan fingerprint density at radius 2 is 1.83 bits per heavy atom. The van der Waals surface area contributed by atoms with Crippen LogP contribution in [0.25, 0.3) is 11.0 Å². The summed E-state index contributed by atoms with van der Waals surface area (Å²) in [7, 11) is 2.08. The van der Waals surface area contributed by atoms with Crippen molar-refractivity contribution in [2.45, 2.75) is 46.1 Å². The van der Waals surface area contributed by atoms with Gasteiger partial charge in [-0.2, -0.15) is 0 Å². The maximum atomic E-state index is 4.84. The molecule has 2 heterocycles. The number of hydrogen-bond acceptors (Lipinski definition) is 4. The van der Waals surface area contributed by atoms with E-state index in [0.29, 0.717) is 0 Å². The maximum absolute atomic E-state index is 4.84. The van der Waals surface area contributed by atoms with Crippen molar-refractivity contribution in [1.82, 2.24) is 19.5 Å². The Morgan fingerprint density at radius 1 is 1.12 bits per heavy atom. The first-order valence-corrected chi connectivity index (χ1v) is 8.28. The Hall–Kier alpha value is -2.43. The highest BCUT2D eigenvalue weighted by atomic mass is 15.1. The van der Waals surface area contributed by atoms with Crippen molar-refractivity contribution in [1.29, 1.82) is 0 Å². The molecule has 0 saturated carbocycles. The molecular weight excluding hydrogens is 298 g/mol. The average molecular weight is 323 g/mol. The van der Waals surface area contributed by atoms with E-state index in [1.54, 1.807) is 12.4 Å². The smallest absolute Gasteiger partial charge is 0.115 e. The van der Waals surface area contributed by atoms with Gasteiger partial charge in [0.25, 0.3) is 0 Å². The van der Waals surface area contributed by atoms with Crippen molar-refractivity contribution in [3.8, 4) is 0 Å². The van der Waals surface area contributed by atoms with Crippen molar-refractivity contribution in [3.05, 3.63) is 47.8 Å². The van der Waals surface area contributed by atoms with Crippen molar-refractivity contribution >= 4 is 16.7 Å². The fourth-order valence-corrected chi connectivity index (χ4v) is 3.12. The van der Waals surface area contributed by atoms with Crippen LogP contribution in [0.4, 0.5) is 5.69 Å². The van der Waals surface area contributed by atoms with Crippen molar-refractivity contribution in [2.24, 2.45) is 7.05 Å². The van der Waals surface area contributed by atoms with Crippen molar-refractivity contribution in [3.63, 3.8) is 0 Å². The molecule has 1 unspecified atom stereocenters. The predicted octanol–water partition coefficient (Wildman–Crippen LogP) is 4.14. The largest absolute Gasteiger partial charge is 0.377 e. The third kappa shape index (κ3) is 2.98. The summed E-state index contributed by atoms with van der Waals surface area (Å²) in [5, 5.41) is 3.51. The van der Waals surface area contributed by atoms with Crippen LogP contribution in [0.5, 0.6) is 0 Å². The summed E-state index contributed by atoms with van der Waals surface area (Å²) < 4.78 is 2.18. The molecule has 0 amide bonds. The molecule has 0 radical (unpaired) electrons. The van der Waals surface area contributed by atoms with Gasteiger partial charge in [-0.05, 0) is 32.0 Å². The van der Waals surface area contributed by atoms with Crippen LogP contribution in [0.15, 0.2) is 30.6 Å². The molecular formula is C19H25N5. The number of nitrogens with one attached hydrogen (secondary N) is 1. The van der Waals surface area contributed by atoms with Gasteiger partial charge < -0.3 is 9.88 Å². The highest BCUT2D eigenvalue weighted by molar-refractivity contribution is 5.80. The lowest BCUT2D eigenvalue weighted by Crippen LogP contribution is -2.17. The molecule has 2 aromatic heterocycles. The molecule has 3 aromatic rings. The first kappa shape index (κ1) is 16.4. The topological polar surface area (TPSA) is 55.6 Å². The van der Waals surface area contributed by atoms with Gasteiger partial charge in [0.1, 0.15) is 5.82 Å². The van der Waals surface area contributed by atoms with Crippen LogP contribution in [0, 0.1) is 6.92 Å².